The van der Waals surface area contributed by atoms with Crippen molar-refractivity contribution in [2.24, 2.45) is 0 Å². The predicted molar refractivity (Wildman–Crippen MR) is 63.8 cm³/mol. The first kappa shape index (κ1) is 10.2. The van der Waals surface area contributed by atoms with Gasteiger partial charge >= 0.3 is 0 Å². The Morgan fingerprint density at radius 2 is 2.12 bits per heavy atom. The van der Waals surface area contributed by atoms with E-state index in [1.54, 1.807) is 23.0 Å². The van der Waals surface area contributed by atoms with Crippen LogP contribution in [-0.4, -0.2) is 24.6 Å². The van der Waals surface area contributed by atoms with E-state index >= 15 is 0 Å². The maximum absolute atomic E-state index is 6.10. The molecular formula is C11H8ClN5. The van der Waals surface area contributed by atoms with Crippen LogP contribution >= 0.6 is 11.6 Å². The van der Waals surface area contributed by atoms with Crippen molar-refractivity contribution in [3.05, 3.63) is 41.4 Å². The Kier molecular flexibility index (Phi) is 2.26. The predicted octanol–water partition coefficient (Wildman–Crippen LogP) is 2.15. The maximum Gasteiger partial charge on any atom is 0.188 e. The summed E-state index contributed by atoms with van der Waals surface area (Å²) in [7, 11) is 0. The molecule has 3 aromatic heterocycles. The number of aryl methyl sites for hydroxylation is 1. The SMILES string of the molecule is Cc1cccnc1-c1nnc2cncc(Cl)n12. The van der Waals surface area contributed by atoms with E-state index in [9.17, 15) is 0 Å². The largest absolute Gasteiger partial charge is 0.261 e. The molecule has 0 unspecified atom stereocenters. The van der Waals surface area contributed by atoms with Gasteiger partial charge in [0.2, 0.25) is 0 Å². The van der Waals surface area contributed by atoms with E-state index in [2.05, 4.69) is 20.2 Å². The summed E-state index contributed by atoms with van der Waals surface area (Å²) < 4.78 is 1.73. The van der Waals surface area contributed by atoms with Crippen LogP contribution < -0.4 is 0 Å². The van der Waals surface area contributed by atoms with Crippen molar-refractivity contribution in [1.82, 2.24) is 24.6 Å². The fraction of sp³-hybridized carbons (Fsp3) is 0.0909. The summed E-state index contributed by atoms with van der Waals surface area (Å²) in [6.07, 6.45) is 4.89. The summed E-state index contributed by atoms with van der Waals surface area (Å²) in [6.45, 7) is 1.97. The number of nitrogens with zero attached hydrogens (tertiary/aromatic N) is 5. The Hall–Kier alpha value is -2.01. The topological polar surface area (TPSA) is 56.0 Å². The number of hydrogen-bond acceptors (Lipinski definition) is 4. The highest BCUT2D eigenvalue weighted by molar-refractivity contribution is 6.29. The van der Waals surface area contributed by atoms with Crippen LogP contribution in [0.2, 0.25) is 5.15 Å². The average molecular weight is 246 g/mol. The molecule has 0 aliphatic rings. The molecule has 0 aliphatic heterocycles. The van der Waals surface area contributed by atoms with E-state index in [-0.39, 0.29) is 0 Å². The second-order valence-corrected chi connectivity index (χ2v) is 4.00. The molecule has 0 spiro atoms. The molecular weight excluding hydrogens is 238 g/mol. The highest BCUT2D eigenvalue weighted by atomic mass is 35.5. The van der Waals surface area contributed by atoms with Gasteiger partial charge in [0.15, 0.2) is 11.5 Å². The van der Waals surface area contributed by atoms with E-state index in [0.29, 0.717) is 16.6 Å². The first-order valence-corrected chi connectivity index (χ1v) is 5.42. The minimum Gasteiger partial charge on any atom is -0.261 e. The van der Waals surface area contributed by atoms with Crippen LogP contribution in [0.4, 0.5) is 0 Å². The molecule has 3 rings (SSSR count). The molecule has 17 heavy (non-hydrogen) atoms. The number of pyridine rings is 1. The second-order valence-electron chi connectivity index (χ2n) is 3.62. The summed E-state index contributed by atoms with van der Waals surface area (Å²) in [6, 6.07) is 3.85. The molecule has 0 N–H and O–H groups in total. The van der Waals surface area contributed by atoms with Crippen LogP contribution in [0.25, 0.3) is 17.2 Å². The second kappa shape index (κ2) is 3.78. The first-order valence-electron chi connectivity index (χ1n) is 5.04. The lowest BCUT2D eigenvalue weighted by Crippen LogP contribution is -1.96. The molecule has 5 nitrogen and oxygen atoms in total. The Morgan fingerprint density at radius 1 is 1.24 bits per heavy atom. The Balaban J connectivity index is 2.36. The Morgan fingerprint density at radius 3 is 2.94 bits per heavy atom. The molecule has 6 heteroatoms. The van der Waals surface area contributed by atoms with Gasteiger partial charge in [0.25, 0.3) is 0 Å². The molecule has 84 valence electrons. The van der Waals surface area contributed by atoms with Crippen LogP contribution in [0, 0.1) is 6.92 Å². The lowest BCUT2D eigenvalue weighted by atomic mass is 10.2. The fourth-order valence-corrected chi connectivity index (χ4v) is 1.91. The van der Waals surface area contributed by atoms with Gasteiger partial charge in [-0.2, -0.15) is 0 Å². The molecule has 0 atom stereocenters. The Labute approximate surface area is 102 Å². The molecule has 0 aliphatic carbocycles. The molecule has 0 bridgehead atoms. The highest BCUT2D eigenvalue weighted by Crippen LogP contribution is 2.22. The molecule has 3 heterocycles. The molecule has 0 aromatic carbocycles. The van der Waals surface area contributed by atoms with Gasteiger partial charge in [0.05, 0.1) is 12.4 Å². The standard InChI is InChI=1S/C11H8ClN5/c1-7-3-2-4-14-10(7)11-16-15-9-6-13-5-8(12)17(9)11/h2-6H,1H3. The molecule has 0 radical (unpaired) electrons. The van der Waals surface area contributed by atoms with Gasteiger partial charge in [-0.05, 0) is 18.6 Å². The van der Waals surface area contributed by atoms with Crippen LogP contribution in [0.5, 0.6) is 0 Å². The monoisotopic (exact) mass is 245 g/mol. The fourth-order valence-electron chi connectivity index (χ4n) is 1.69. The van der Waals surface area contributed by atoms with E-state index in [1.165, 1.54) is 0 Å². The lowest BCUT2D eigenvalue weighted by Gasteiger charge is -2.03. The van der Waals surface area contributed by atoms with Crippen LogP contribution in [0.15, 0.2) is 30.7 Å². The third-order valence-corrected chi connectivity index (χ3v) is 2.76. The van der Waals surface area contributed by atoms with Crippen molar-refractivity contribution in [2.75, 3.05) is 0 Å². The number of aromatic nitrogens is 5. The van der Waals surface area contributed by atoms with E-state index in [1.807, 2.05) is 19.1 Å². The highest BCUT2D eigenvalue weighted by Gasteiger charge is 2.13. The summed E-state index contributed by atoms with van der Waals surface area (Å²) in [5.74, 6) is 0.630. The number of fused-ring (bicyclic) bond motifs is 1. The summed E-state index contributed by atoms with van der Waals surface area (Å²) >= 11 is 6.10. The van der Waals surface area contributed by atoms with Crippen molar-refractivity contribution in [2.45, 2.75) is 6.92 Å². The first-order chi connectivity index (χ1) is 8.27. The van der Waals surface area contributed by atoms with Crippen LogP contribution in [0.3, 0.4) is 0 Å². The van der Waals surface area contributed by atoms with Crippen molar-refractivity contribution in [1.29, 1.82) is 0 Å². The summed E-state index contributed by atoms with van der Waals surface area (Å²) in [5.41, 5.74) is 2.40. The van der Waals surface area contributed by atoms with Gasteiger partial charge < -0.3 is 0 Å². The van der Waals surface area contributed by atoms with Crippen molar-refractivity contribution < 1.29 is 0 Å². The molecule has 0 fully saturated rings. The van der Waals surface area contributed by atoms with Crippen LogP contribution in [-0.2, 0) is 0 Å². The number of rotatable bonds is 1. The Bertz CT molecular complexity index is 691. The number of hydrogen-bond donors (Lipinski definition) is 0. The zero-order valence-corrected chi connectivity index (χ0v) is 9.76. The van der Waals surface area contributed by atoms with E-state index < -0.39 is 0 Å². The van der Waals surface area contributed by atoms with Crippen molar-refractivity contribution in [3.63, 3.8) is 0 Å². The van der Waals surface area contributed by atoms with Gasteiger partial charge in [-0.15, -0.1) is 10.2 Å². The summed E-state index contributed by atoms with van der Waals surface area (Å²) in [5, 5.41) is 8.60. The van der Waals surface area contributed by atoms with Gasteiger partial charge in [0.1, 0.15) is 10.8 Å². The zero-order valence-electron chi connectivity index (χ0n) is 9.00. The smallest absolute Gasteiger partial charge is 0.188 e. The van der Waals surface area contributed by atoms with Gasteiger partial charge in [-0.25, -0.2) is 0 Å². The van der Waals surface area contributed by atoms with Crippen molar-refractivity contribution in [3.8, 4) is 11.5 Å². The summed E-state index contributed by atoms with van der Waals surface area (Å²) in [4.78, 5) is 8.28. The van der Waals surface area contributed by atoms with Crippen LogP contribution in [0.1, 0.15) is 5.56 Å². The molecule has 0 amide bonds. The lowest BCUT2D eigenvalue weighted by molar-refractivity contribution is 1.08. The molecule has 3 aromatic rings. The molecule has 0 saturated heterocycles. The normalized spacial score (nSPS) is 10.9. The quantitative estimate of drug-likeness (QED) is 0.659. The van der Waals surface area contributed by atoms with E-state index in [4.69, 9.17) is 11.6 Å². The number of halogens is 1. The minimum absolute atomic E-state index is 0.465. The molecule has 0 saturated carbocycles. The van der Waals surface area contributed by atoms with E-state index in [0.717, 1.165) is 11.3 Å². The van der Waals surface area contributed by atoms with Gasteiger partial charge in [0, 0.05) is 6.20 Å². The zero-order chi connectivity index (χ0) is 11.8. The third kappa shape index (κ3) is 1.55. The minimum atomic E-state index is 0.465. The third-order valence-electron chi connectivity index (χ3n) is 2.49. The van der Waals surface area contributed by atoms with Crippen molar-refractivity contribution >= 4 is 17.2 Å². The van der Waals surface area contributed by atoms with Gasteiger partial charge in [-0.1, -0.05) is 17.7 Å². The van der Waals surface area contributed by atoms with Gasteiger partial charge in [-0.3, -0.25) is 14.4 Å². The average Bonchev–Trinajstić information content (AvgIpc) is 2.75. The maximum atomic E-state index is 6.10.